The minimum atomic E-state index is -1.28. The van der Waals surface area contributed by atoms with Gasteiger partial charge < -0.3 is 15.3 Å². The molecule has 0 aromatic heterocycles. The van der Waals surface area contributed by atoms with Gasteiger partial charge in [0, 0.05) is 24.5 Å². The summed E-state index contributed by atoms with van der Waals surface area (Å²) >= 11 is 0. The van der Waals surface area contributed by atoms with Crippen LogP contribution in [-0.2, 0) is 0 Å². The van der Waals surface area contributed by atoms with Gasteiger partial charge in [-0.15, -0.1) is 0 Å². The van der Waals surface area contributed by atoms with Crippen molar-refractivity contribution in [3.8, 4) is 0 Å². The van der Waals surface area contributed by atoms with Gasteiger partial charge in [-0.1, -0.05) is 23.8 Å². The summed E-state index contributed by atoms with van der Waals surface area (Å²) < 4.78 is 0. The van der Waals surface area contributed by atoms with Crippen LogP contribution in [0.15, 0.2) is 60.7 Å². The Labute approximate surface area is 208 Å². The third-order valence-corrected chi connectivity index (χ3v) is 6.63. The summed E-state index contributed by atoms with van der Waals surface area (Å²) in [4.78, 5) is 54.6. The molecule has 0 bridgehead atoms. The molecule has 3 aromatic rings. The molecule has 3 aromatic carbocycles. The number of piperidine rings is 1. The first kappa shape index (κ1) is 23.3. The third-order valence-electron chi connectivity index (χ3n) is 6.63. The topological polar surface area (TPSA) is 107 Å². The van der Waals surface area contributed by atoms with Crippen molar-refractivity contribution in [3.63, 3.8) is 0 Å². The molecule has 36 heavy (non-hydrogen) atoms. The first-order valence-corrected chi connectivity index (χ1v) is 11.9. The Morgan fingerprint density at radius 1 is 0.861 bits per heavy atom. The number of benzene rings is 3. The molecular formula is C28H25N3O5. The number of carbonyl (C=O) groups excluding carboxylic acids is 3. The van der Waals surface area contributed by atoms with Crippen molar-refractivity contribution in [1.82, 2.24) is 0 Å². The Bertz CT molecular complexity index is 1390. The number of anilines is 3. The van der Waals surface area contributed by atoms with Crippen LogP contribution in [0.2, 0.25) is 0 Å². The molecule has 1 saturated heterocycles. The number of amides is 3. The number of nitrogens with one attached hydrogen (secondary N) is 1. The summed E-state index contributed by atoms with van der Waals surface area (Å²) in [6.07, 6.45) is 3.15. The summed E-state index contributed by atoms with van der Waals surface area (Å²) in [7, 11) is 0. The highest BCUT2D eigenvalue weighted by Gasteiger charge is 2.40. The zero-order chi connectivity index (χ0) is 25.4. The van der Waals surface area contributed by atoms with Gasteiger partial charge in [-0.25, -0.2) is 9.69 Å². The Kier molecular flexibility index (Phi) is 6.01. The number of hydrogen-bond acceptors (Lipinski definition) is 5. The highest BCUT2D eigenvalue weighted by molar-refractivity contribution is 6.36. The fourth-order valence-electron chi connectivity index (χ4n) is 4.79. The molecule has 3 amide bonds. The summed E-state index contributed by atoms with van der Waals surface area (Å²) in [6, 6.07) is 16.5. The fraction of sp³-hybridized carbons (Fsp3) is 0.214. The number of fused-ring (bicyclic) bond motifs is 1. The second kappa shape index (κ2) is 9.30. The summed E-state index contributed by atoms with van der Waals surface area (Å²) in [5.74, 6) is -2.98. The highest BCUT2D eigenvalue weighted by atomic mass is 16.4. The van der Waals surface area contributed by atoms with Crippen LogP contribution in [0.3, 0.4) is 0 Å². The van der Waals surface area contributed by atoms with Crippen molar-refractivity contribution >= 4 is 40.8 Å². The molecule has 0 saturated carbocycles. The van der Waals surface area contributed by atoms with Gasteiger partial charge in [0.2, 0.25) is 0 Å². The predicted molar refractivity (Wildman–Crippen MR) is 136 cm³/mol. The zero-order valence-corrected chi connectivity index (χ0v) is 19.8. The molecule has 2 aliphatic heterocycles. The maximum Gasteiger partial charge on any atom is 0.336 e. The van der Waals surface area contributed by atoms with E-state index in [1.54, 1.807) is 12.1 Å². The molecule has 2 aliphatic rings. The van der Waals surface area contributed by atoms with Crippen molar-refractivity contribution < 1.29 is 24.3 Å². The molecule has 5 rings (SSSR count). The van der Waals surface area contributed by atoms with Gasteiger partial charge in [0.15, 0.2) is 0 Å². The zero-order valence-electron chi connectivity index (χ0n) is 19.8. The average Bonchev–Trinajstić information content (AvgIpc) is 3.15. The van der Waals surface area contributed by atoms with Crippen LogP contribution in [0.1, 0.15) is 66.3 Å². The van der Waals surface area contributed by atoms with Crippen LogP contribution < -0.4 is 15.1 Å². The molecule has 2 N–H and O–H groups in total. The van der Waals surface area contributed by atoms with Crippen molar-refractivity contribution in [2.24, 2.45) is 0 Å². The maximum absolute atomic E-state index is 13.5. The Balaban J connectivity index is 1.55. The molecule has 0 atom stereocenters. The smallest absolute Gasteiger partial charge is 0.336 e. The summed E-state index contributed by atoms with van der Waals surface area (Å²) in [6.45, 7) is 3.57. The summed E-state index contributed by atoms with van der Waals surface area (Å²) in [5, 5.41) is 12.4. The fourth-order valence-corrected chi connectivity index (χ4v) is 4.79. The van der Waals surface area contributed by atoms with Gasteiger partial charge in [0.25, 0.3) is 17.7 Å². The Morgan fingerprint density at radius 2 is 1.58 bits per heavy atom. The van der Waals surface area contributed by atoms with Crippen LogP contribution in [-0.4, -0.2) is 41.9 Å². The number of imide groups is 1. The van der Waals surface area contributed by atoms with Gasteiger partial charge in [0.1, 0.15) is 0 Å². The number of carbonyl (C=O) groups is 4. The average molecular weight is 484 g/mol. The molecule has 8 nitrogen and oxygen atoms in total. The maximum atomic E-state index is 13.5. The highest BCUT2D eigenvalue weighted by Crippen LogP contribution is 2.34. The molecular weight excluding hydrogens is 458 g/mol. The predicted octanol–water partition coefficient (Wildman–Crippen LogP) is 4.74. The number of hydrogen-bond donors (Lipinski definition) is 2. The van der Waals surface area contributed by atoms with Crippen LogP contribution in [0.25, 0.3) is 0 Å². The van der Waals surface area contributed by atoms with E-state index in [4.69, 9.17) is 0 Å². The lowest BCUT2D eigenvalue weighted by molar-refractivity contribution is 0.0691. The van der Waals surface area contributed by atoms with Crippen LogP contribution in [0.5, 0.6) is 0 Å². The Morgan fingerprint density at radius 3 is 2.28 bits per heavy atom. The van der Waals surface area contributed by atoms with Crippen LogP contribution >= 0.6 is 0 Å². The van der Waals surface area contributed by atoms with E-state index in [0.717, 1.165) is 48.5 Å². The van der Waals surface area contributed by atoms with Crippen LogP contribution in [0.4, 0.5) is 17.1 Å². The van der Waals surface area contributed by atoms with Crippen LogP contribution in [0, 0.1) is 6.92 Å². The molecule has 1 fully saturated rings. The van der Waals surface area contributed by atoms with Crippen molar-refractivity contribution in [2.75, 3.05) is 28.2 Å². The monoisotopic (exact) mass is 483 g/mol. The third kappa shape index (κ3) is 4.11. The van der Waals surface area contributed by atoms with Gasteiger partial charge >= 0.3 is 5.97 Å². The molecule has 182 valence electrons. The van der Waals surface area contributed by atoms with Crippen molar-refractivity contribution in [2.45, 2.75) is 26.2 Å². The SMILES string of the molecule is Cc1ccc(NC(=O)c2cc(N3C(=O)c4cccc(C(=O)O)c4C3=O)ccc2N2CCCCC2)cc1. The van der Waals surface area contributed by atoms with E-state index in [-0.39, 0.29) is 28.3 Å². The molecule has 0 spiro atoms. The van der Waals surface area contributed by atoms with E-state index < -0.39 is 17.8 Å². The minimum absolute atomic E-state index is 0.0330. The molecule has 0 unspecified atom stereocenters. The van der Waals surface area contributed by atoms with E-state index in [2.05, 4.69) is 10.2 Å². The number of aromatic carboxylic acids is 1. The second-order valence-corrected chi connectivity index (χ2v) is 9.05. The first-order chi connectivity index (χ1) is 17.3. The molecule has 0 radical (unpaired) electrons. The van der Waals surface area contributed by atoms with E-state index in [9.17, 15) is 24.3 Å². The normalized spacial score (nSPS) is 15.1. The molecule has 0 aliphatic carbocycles. The lowest BCUT2D eigenvalue weighted by atomic mass is 10.0. The standard InChI is InChI=1S/C28H25N3O5/c1-17-8-10-18(11-9-17)29-25(32)22-16-19(12-13-23(22)30-14-3-2-4-15-30)31-26(33)20-6-5-7-21(28(35)36)24(20)27(31)34/h5-13,16H,2-4,14-15H2,1H3,(H,29,32)(H,35,36). The van der Waals surface area contributed by atoms with E-state index >= 15 is 0 Å². The van der Waals surface area contributed by atoms with Gasteiger partial charge in [-0.05, 0) is 68.7 Å². The van der Waals surface area contributed by atoms with Gasteiger partial charge in [-0.2, -0.15) is 0 Å². The van der Waals surface area contributed by atoms with Gasteiger partial charge in [0.05, 0.1) is 27.9 Å². The number of carboxylic acids is 1. The second-order valence-electron chi connectivity index (χ2n) is 9.05. The number of rotatable bonds is 5. The van der Waals surface area contributed by atoms with E-state index in [0.29, 0.717) is 11.3 Å². The van der Waals surface area contributed by atoms with Crippen molar-refractivity contribution in [1.29, 1.82) is 0 Å². The van der Waals surface area contributed by atoms with E-state index in [1.807, 2.05) is 31.2 Å². The van der Waals surface area contributed by atoms with Crippen molar-refractivity contribution in [3.05, 3.63) is 88.5 Å². The lowest BCUT2D eigenvalue weighted by Gasteiger charge is -2.31. The van der Waals surface area contributed by atoms with E-state index in [1.165, 1.54) is 24.3 Å². The number of aryl methyl sites for hydroxylation is 1. The first-order valence-electron chi connectivity index (χ1n) is 11.9. The van der Waals surface area contributed by atoms with Gasteiger partial charge in [-0.3, -0.25) is 14.4 Å². The minimum Gasteiger partial charge on any atom is -0.478 e. The Hall–Kier alpha value is -4.46. The number of nitrogens with zero attached hydrogens (tertiary/aromatic N) is 2. The number of carboxylic acid groups (broad SMARTS) is 1. The quantitative estimate of drug-likeness (QED) is 0.508. The molecule has 2 heterocycles. The molecule has 8 heteroatoms. The largest absolute Gasteiger partial charge is 0.478 e. The summed E-state index contributed by atoms with van der Waals surface area (Å²) in [5.41, 5.74) is 2.65. The lowest BCUT2D eigenvalue weighted by Crippen LogP contribution is -2.33.